The number of nitrogens with zero attached hydrogens (tertiary/aromatic N) is 10. The van der Waals surface area contributed by atoms with E-state index in [4.69, 9.17) is 19.8 Å². The number of rotatable bonds is 10. The number of hydrogen-bond acceptors (Lipinski definition) is 17. The van der Waals surface area contributed by atoms with E-state index >= 15 is 0 Å². The normalized spacial score (nSPS) is 9.84. The number of aromatic nitrogens is 10. The van der Waals surface area contributed by atoms with Crippen molar-refractivity contribution in [1.82, 2.24) is 50.1 Å². The van der Waals surface area contributed by atoms with Crippen LogP contribution in [0.15, 0.2) is 358 Å². The number of ketones is 2. The van der Waals surface area contributed by atoms with Crippen molar-refractivity contribution in [1.29, 1.82) is 0 Å². The molecule has 4 N–H and O–H groups in total. The van der Waals surface area contributed by atoms with Gasteiger partial charge in [-0.2, -0.15) is 59.7 Å². The van der Waals surface area contributed by atoms with Crippen molar-refractivity contribution < 1.29 is 161 Å². The number of aliphatic hydroxyl groups excluding tert-OH is 2. The Kier molecular flexibility index (Phi) is 50.4. The van der Waals surface area contributed by atoms with Crippen molar-refractivity contribution in [3.8, 4) is 102 Å². The molecule has 0 aliphatic rings. The van der Waals surface area contributed by atoms with Crippen LogP contribution in [0.4, 0.5) is 0 Å². The molecule has 0 bridgehead atoms. The second kappa shape index (κ2) is 58.8. The van der Waals surface area contributed by atoms with Crippen LogP contribution in [0.1, 0.15) is 39.1 Å². The number of carbonyl (C=O) groups is 2. The van der Waals surface area contributed by atoms with Gasteiger partial charge >= 0.3 is 0 Å². The van der Waals surface area contributed by atoms with Gasteiger partial charge in [0.2, 0.25) is 0 Å². The summed E-state index contributed by atoms with van der Waals surface area (Å²) in [4.78, 5) is 70.6. The van der Waals surface area contributed by atoms with Crippen LogP contribution in [0.25, 0.3) is 134 Å². The Hall–Kier alpha value is -12.3. The maximum Gasteiger partial charge on any atom is 0.155 e. The summed E-state index contributed by atoms with van der Waals surface area (Å²) in [6.45, 7) is 16.1. The van der Waals surface area contributed by atoms with Crippen LogP contribution in [0.5, 0.6) is 11.5 Å². The maximum atomic E-state index is 10.1. The first-order valence-corrected chi connectivity index (χ1v) is 37.6. The van der Waals surface area contributed by atoms with E-state index in [1.165, 1.54) is 67.0 Å². The fourth-order valence-electron chi connectivity index (χ4n) is 11.8. The number of para-hydroxylation sites is 3. The molecule has 127 heavy (non-hydrogen) atoms. The first-order chi connectivity index (χ1) is 59.0. The molecule has 0 saturated carbocycles. The number of benzene rings is 10. The maximum absolute atomic E-state index is 10.1. The van der Waals surface area contributed by atoms with E-state index in [1.807, 2.05) is 243 Å². The molecule has 4 radical (unpaired) electrons. The van der Waals surface area contributed by atoms with Crippen LogP contribution in [-0.2, 0) is 140 Å². The molecule has 0 amide bonds. The zero-order valence-electron chi connectivity index (χ0n) is 69.0. The van der Waals surface area contributed by atoms with Gasteiger partial charge in [-0.15, -0.1) is 107 Å². The molecule has 10 aromatic carbocycles. The van der Waals surface area contributed by atoms with E-state index in [0.717, 1.165) is 72.3 Å². The molecular formula is C103H81Ir4N10O8OsPt-9. The third-order valence-corrected chi connectivity index (χ3v) is 17.1. The monoisotopic (exact) mass is 2740 g/mol. The fraction of sp³-hybridized carbons (Fsp3) is 0.0583. The summed E-state index contributed by atoms with van der Waals surface area (Å²) in [5.74, 6) is 1.52. The van der Waals surface area contributed by atoms with E-state index in [1.54, 1.807) is 37.4 Å². The number of allylic oxidation sites excluding steroid dienone is 4. The van der Waals surface area contributed by atoms with Gasteiger partial charge in [0.15, 0.2) is 11.6 Å². The average Bonchev–Trinajstić information content (AvgIpc) is 1.24. The summed E-state index contributed by atoms with van der Waals surface area (Å²) in [7, 11) is 0. The Labute approximate surface area is 820 Å². The third kappa shape index (κ3) is 34.2. The number of phenols is 2. The summed E-state index contributed by atoms with van der Waals surface area (Å²) >= 11 is 0. The molecule has 0 aliphatic carbocycles. The minimum Gasteiger partial charge on any atom is -0.545 e. The fourth-order valence-corrected chi connectivity index (χ4v) is 11.8. The minimum atomic E-state index is -0.125. The van der Waals surface area contributed by atoms with Crippen molar-refractivity contribution in [2.75, 3.05) is 0 Å². The number of carbonyl (C=O) groups excluding carboxylic acids is 4. The zero-order chi connectivity index (χ0) is 86.1. The van der Waals surface area contributed by atoms with E-state index in [0.29, 0.717) is 45.6 Å². The van der Waals surface area contributed by atoms with Crippen LogP contribution in [0.3, 0.4) is 0 Å². The van der Waals surface area contributed by atoms with Crippen LogP contribution in [-0.4, -0.2) is 90.5 Å². The molecule has 0 fully saturated rings. The number of fused-ring (bicyclic) bond motifs is 4. The Morgan fingerprint density at radius 1 is 0.362 bits per heavy atom. The standard InChI is InChI=1S/C22H16N2O2.C16H12N.2C15H9N.C15H10N.C8H7N4.2C5H8O2.2CHO.4Ir.Os.Pt/c25-21-13-3-1-7-15(21)17-9-5-11-19(23-17)20-12-6-10-18(24-20)16-8-2-4-14-22(16)26;1-12-6-5-9-16-14(12)10-11-15(17-16)13-7-3-2-4-8-13;2*1-2-6-12(7-3-1)15-11-16-10-13-8-4-5-9-14(13)15;1-2-6-12(7-3-1)15-11-10-13-8-4-5-9-14(13)16-15;1-6-10-8(12-11-6)7-4-2-3-5-9-7;2*1-4(6)3-5(2)7;2*1-2;;;;;;/h1-14,25-26H;2-7,9-11H,1H3;2*1-6,8-10H;1-6,8-11H;2-5H,1H3;2*3,6H,1-2H3;2*1H;;;;;;/q;-1;2*-2;2*-1;;;2*-1;;;;;;. The second-order valence-corrected chi connectivity index (χ2v) is 26.0. The summed E-state index contributed by atoms with van der Waals surface area (Å²) in [6, 6.07) is 115. The molecule has 0 atom stereocenters. The number of aliphatic hydroxyl groups is 2. The second-order valence-electron chi connectivity index (χ2n) is 26.0. The van der Waals surface area contributed by atoms with Gasteiger partial charge in [0, 0.05) is 162 Å². The quantitative estimate of drug-likeness (QED) is 0.0428. The van der Waals surface area contributed by atoms with Crippen molar-refractivity contribution in [3.63, 3.8) is 0 Å². The molecule has 8 heterocycles. The number of phenolic OH excluding ortho intramolecular Hbond substituents is 2. The Morgan fingerprint density at radius 2 is 0.740 bits per heavy atom. The van der Waals surface area contributed by atoms with Gasteiger partial charge in [0.1, 0.15) is 11.5 Å². The molecule has 18 rings (SSSR count). The van der Waals surface area contributed by atoms with Crippen LogP contribution in [0, 0.1) is 50.5 Å². The van der Waals surface area contributed by atoms with Gasteiger partial charge in [0.05, 0.1) is 51.0 Å². The van der Waals surface area contributed by atoms with Gasteiger partial charge in [0.25, 0.3) is 0 Å². The smallest absolute Gasteiger partial charge is 0.155 e. The number of pyridine rings is 7. The van der Waals surface area contributed by atoms with E-state index in [-0.39, 0.29) is 156 Å². The molecule has 0 saturated heterocycles. The first kappa shape index (κ1) is 109. The van der Waals surface area contributed by atoms with Crippen LogP contribution < -0.4 is 5.10 Å². The van der Waals surface area contributed by atoms with Crippen LogP contribution >= 0.6 is 0 Å². The first-order valence-electron chi connectivity index (χ1n) is 37.6. The molecule has 18 nitrogen and oxygen atoms in total. The van der Waals surface area contributed by atoms with E-state index in [9.17, 15) is 19.8 Å². The molecule has 0 spiro atoms. The van der Waals surface area contributed by atoms with E-state index in [2.05, 4.69) is 168 Å². The Balaban J connectivity index is 0.000000379. The molecule has 0 aliphatic heterocycles. The predicted octanol–water partition coefficient (Wildman–Crippen LogP) is 21.9. The molecular weight excluding hydrogens is 2660 g/mol. The predicted molar refractivity (Wildman–Crippen MR) is 479 cm³/mol. The van der Waals surface area contributed by atoms with Crippen molar-refractivity contribution >= 4 is 68.5 Å². The van der Waals surface area contributed by atoms with E-state index < -0.39 is 0 Å². The zero-order valence-corrected chi connectivity index (χ0v) is 83.4. The van der Waals surface area contributed by atoms with Gasteiger partial charge in [-0.3, -0.25) is 43.2 Å². The topological polar surface area (TPSA) is 279 Å². The Bertz CT molecular complexity index is 6160. The minimum absolute atomic E-state index is 0. The van der Waals surface area contributed by atoms with Crippen molar-refractivity contribution in [3.05, 3.63) is 406 Å². The molecule has 18 aromatic rings. The Morgan fingerprint density at radius 3 is 1.15 bits per heavy atom. The van der Waals surface area contributed by atoms with Gasteiger partial charge in [-0.25, -0.2) is 21.1 Å². The summed E-state index contributed by atoms with van der Waals surface area (Å²) in [5, 5.41) is 51.5. The van der Waals surface area contributed by atoms with Crippen molar-refractivity contribution in [2.24, 2.45) is 0 Å². The summed E-state index contributed by atoms with van der Waals surface area (Å²) in [5.41, 5.74) is 16.3. The van der Waals surface area contributed by atoms with Crippen LogP contribution in [0.2, 0.25) is 0 Å². The molecule has 8 aromatic heterocycles. The summed E-state index contributed by atoms with van der Waals surface area (Å²) in [6.07, 6.45) is 13.8. The number of aromatic hydroxyl groups is 2. The third-order valence-electron chi connectivity index (χ3n) is 17.1. The molecule has 0 unspecified atom stereocenters. The largest absolute Gasteiger partial charge is 0.545 e. The van der Waals surface area contributed by atoms with Crippen molar-refractivity contribution in [2.45, 2.75) is 41.5 Å². The SMILES string of the molecule is CC(=O)C=C(C)O.CC(=O)C=C(C)O.Cc1cccc2nc(-c3[c-]cccc3)ccc12.Cc1n[n-]c(-c2ccccn2)n1.Oc1ccccc1-c1cccc(-c2cccc(-c3ccccc3O)n2)n1.[CH-]=O.[CH-]=O.[Ir].[Ir].[Ir].[Ir].[Os].[Pt].[c-]1ccccc1-c1[c-]ncc2ccccc12.[c-]1ccccc1-c1[c-]ncc2ccccc12.[c-]1ccccc1-c1ccc2ccccc2n1. The van der Waals surface area contributed by atoms with Gasteiger partial charge in [-0.05, 0) is 143 Å². The average molecular weight is 2740 g/mol. The molecule has 654 valence electrons. The van der Waals surface area contributed by atoms with Gasteiger partial charge < -0.3 is 50.1 Å². The molecule has 24 heteroatoms. The van der Waals surface area contributed by atoms with Gasteiger partial charge in [-0.1, -0.05) is 169 Å². The summed E-state index contributed by atoms with van der Waals surface area (Å²) < 4.78 is 0. The number of aryl methyl sites for hydroxylation is 2. The number of hydrogen-bond donors (Lipinski definition) is 4.